The summed E-state index contributed by atoms with van der Waals surface area (Å²) in [6.07, 6.45) is 2.19. The van der Waals surface area contributed by atoms with Crippen LogP contribution in [0.15, 0.2) is 60.3 Å². The number of nitrogens with one attached hydrogen (secondary N) is 2. The van der Waals surface area contributed by atoms with Crippen LogP contribution in [0.25, 0.3) is 0 Å². The number of carbonyl (C=O) groups is 1. The van der Waals surface area contributed by atoms with Crippen LogP contribution in [-0.2, 0) is 11.2 Å². The molecule has 0 fully saturated rings. The van der Waals surface area contributed by atoms with E-state index in [1.54, 1.807) is 24.3 Å². The van der Waals surface area contributed by atoms with Crippen molar-refractivity contribution in [1.82, 2.24) is 5.32 Å². The van der Waals surface area contributed by atoms with E-state index < -0.39 is 5.91 Å². The van der Waals surface area contributed by atoms with Gasteiger partial charge in [-0.3, -0.25) is 4.79 Å². The lowest BCUT2D eigenvalue weighted by Crippen LogP contribution is -2.18. The number of para-hydroxylation sites is 1. The van der Waals surface area contributed by atoms with Crippen molar-refractivity contribution in [3.05, 3.63) is 77.0 Å². The van der Waals surface area contributed by atoms with Crippen LogP contribution in [0, 0.1) is 29.6 Å². The van der Waals surface area contributed by atoms with E-state index in [0.29, 0.717) is 17.8 Å². The molecule has 0 aliphatic carbocycles. The summed E-state index contributed by atoms with van der Waals surface area (Å²) < 4.78 is 0. The number of hydrogen-bond acceptors (Lipinski definition) is 4. The standard InChI is InChI=1S/C20H18N4O/c1-15-6-8-16(9-7-15)10-11-23-14-18(13-22)20(25)24-19-5-3-2-4-17(19)12-21/h2-9,14,23H,10-11H2,1H3,(H,24,25)/b18-14-. The lowest BCUT2D eigenvalue weighted by molar-refractivity contribution is -0.112. The summed E-state index contributed by atoms with van der Waals surface area (Å²) in [5.74, 6) is -0.548. The highest BCUT2D eigenvalue weighted by molar-refractivity contribution is 6.07. The number of nitrogens with zero attached hydrogens (tertiary/aromatic N) is 2. The van der Waals surface area contributed by atoms with Gasteiger partial charge in [-0.05, 0) is 31.0 Å². The topological polar surface area (TPSA) is 88.7 Å². The Balaban J connectivity index is 1.93. The number of amides is 1. The summed E-state index contributed by atoms with van der Waals surface area (Å²) in [7, 11) is 0. The first-order chi connectivity index (χ1) is 12.1. The summed E-state index contributed by atoms with van der Waals surface area (Å²) in [4.78, 5) is 12.2. The molecule has 0 heterocycles. The summed E-state index contributed by atoms with van der Waals surface area (Å²) >= 11 is 0. The smallest absolute Gasteiger partial charge is 0.267 e. The fourth-order valence-electron chi connectivity index (χ4n) is 2.17. The molecule has 2 N–H and O–H groups in total. The van der Waals surface area contributed by atoms with Gasteiger partial charge < -0.3 is 10.6 Å². The number of rotatable bonds is 6. The van der Waals surface area contributed by atoms with Crippen molar-refractivity contribution in [1.29, 1.82) is 10.5 Å². The van der Waals surface area contributed by atoms with E-state index in [1.165, 1.54) is 17.3 Å². The monoisotopic (exact) mass is 330 g/mol. The predicted octanol–water partition coefficient (Wildman–Crippen LogP) is 3.04. The summed E-state index contributed by atoms with van der Waals surface area (Å²) in [5, 5.41) is 23.8. The molecule has 1 amide bonds. The van der Waals surface area contributed by atoms with Crippen LogP contribution >= 0.6 is 0 Å². The molecule has 2 aromatic rings. The van der Waals surface area contributed by atoms with Gasteiger partial charge in [0.15, 0.2) is 0 Å². The molecule has 0 aliphatic rings. The second kappa shape index (κ2) is 8.90. The number of hydrogen-bond donors (Lipinski definition) is 2. The molecule has 0 unspecified atom stereocenters. The van der Waals surface area contributed by atoms with Crippen molar-refractivity contribution >= 4 is 11.6 Å². The average Bonchev–Trinajstić information content (AvgIpc) is 2.63. The molecule has 0 aliphatic heterocycles. The van der Waals surface area contributed by atoms with Gasteiger partial charge in [0.1, 0.15) is 17.7 Å². The zero-order valence-corrected chi connectivity index (χ0v) is 13.9. The molecule has 2 aromatic carbocycles. The zero-order valence-electron chi connectivity index (χ0n) is 13.9. The maximum Gasteiger partial charge on any atom is 0.267 e. The third-order valence-corrected chi connectivity index (χ3v) is 3.59. The van der Waals surface area contributed by atoms with Crippen molar-refractivity contribution in [2.45, 2.75) is 13.3 Å². The fraction of sp³-hybridized carbons (Fsp3) is 0.150. The van der Waals surface area contributed by atoms with Gasteiger partial charge in [0.2, 0.25) is 0 Å². The highest BCUT2D eigenvalue weighted by Gasteiger charge is 2.11. The van der Waals surface area contributed by atoms with Gasteiger partial charge in [0.05, 0.1) is 11.3 Å². The maximum atomic E-state index is 12.2. The van der Waals surface area contributed by atoms with Gasteiger partial charge >= 0.3 is 0 Å². The van der Waals surface area contributed by atoms with E-state index in [0.717, 1.165) is 6.42 Å². The molecule has 0 aromatic heterocycles. The van der Waals surface area contributed by atoms with Gasteiger partial charge in [-0.1, -0.05) is 42.0 Å². The Kier molecular flexibility index (Phi) is 6.33. The minimum atomic E-state index is -0.548. The minimum absolute atomic E-state index is 0.0448. The van der Waals surface area contributed by atoms with Crippen molar-refractivity contribution in [3.8, 4) is 12.1 Å². The van der Waals surface area contributed by atoms with Crippen molar-refractivity contribution in [2.24, 2.45) is 0 Å². The third kappa shape index (κ3) is 5.23. The summed E-state index contributed by atoms with van der Waals surface area (Å²) in [6.45, 7) is 2.64. The van der Waals surface area contributed by atoms with Gasteiger partial charge in [0, 0.05) is 12.7 Å². The van der Waals surface area contributed by atoms with E-state index in [4.69, 9.17) is 10.5 Å². The lowest BCUT2D eigenvalue weighted by atomic mass is 10.1. The number of nitriles is 2. The predicted molar refractivity (Wildman–Crippen MR) is 96.4 cm³/mol. The van der Waals surface area contributed by atoms with Crippen LogP contribution in [-0.4, -0.2) is 12.5 Å². The van der Waals surface area contributed by atoms with Crippen molar-refractivity contribution in [2.75, 3.05) is 11.9 Å². The highest BCUT2D eigenvalue weighted by Crippen LogP contribution is 2.14. The van der Waals surface area contributed by atoms with E-state index >= 15 is 0 Å². The minimum Gasteiger partial charge on any atom is -0.389 e. The Hall–Kier alpha value is -3.57. The molecule has 5 heteroatoms. The van der Waals surface area contributed by atoms with E-state index in [2.05, 4.69) is 22.8 Å². The Morgan fingerprint density at radius 2 is 1.84 bits per heavy atom. The first-order valence-electron chi connectivity index (χ1n) is 7.83. The average molecular weight is 330 g/mol. The van der Waals surface area contributed by atoms with Crippen LogP contribution in [0.2, 0.25) is 0 Å². The molecule has 5 nitrogen and oxygen atoms in total. The first kappa shape index (κ1) is 17.8. The number of benzene rings is 2. The van der Waals surface area contributed by atoms with Gasteiger partial charge in [-0.25, -0.2) is 0 Å². The van der Waals surface area contributed by atoms with Crippen molar-refractivity contribution < 1.29 is 4.79 Å². The zero-order chi connectivity index (χ0) is 18.1. The molecular weight excluding hydrogens is 312 g/mol. The molecule has 124 valence electrons. The molecule has 2 rings (SSSR count). The second-order valence-electron chi connectivity index (χ2n) is 5.47. The molecule has 0 saturated carbocycles. The van der Waals surface area contributed by atoms with E-state index in [1.807, 2.05) is 31.2 Å². The molecule has 25 heavy (non-hydrogen) atoms. The van der Waals surface area contributed by atoms with Crippen LogP contribution in [0.1, 0.15) is 16.7 Å². The maximum absolute atomic E-state index is 12.2. The Labute approximate surface area is 147 Å². The lowest BCUT2D eigenvalue weighted by Gasteiger charge is -2.07. The quantitative estimate of drug-likeness (QED) is 0.484. The number of aryl methyl sites for hydroxylation is 1. The van der Waals surface area contributed by atoms with Crippen LogP contribution in [0.4, 0.5) is 5.69 Å². The summed E-state index contributed by atoms with van der Waals surface area (Å²) in [6, 6.07) is 18.7. The summed E-state index contributed by atoms with van der Waals surface area (Å²) in [5.41, 5.74) is 3.07. The number of carbonyl (C=O) groups excluding carboxylic acids is 1. The Morgan fingerprint density at radius 3 is 2.52 bits per heavy atom. The van der Waals surface area contributed by atoms with Gasteiger partial charge in [-0.2, -0.15) is 10.5 Å². The highest BCUT2D eigenvalue weighted by atomic mass is 16.1. The largest absolute Gasteiger partial charge is 0.389 e. The van der Waals surface area contributed by atoms with Crippen LogP contribution < -0.4 is 10.6 Å². The molecule has 0 saturated heterocycles. The molecule has 0 spiro atoms. The SMILES string of the molecule is Cc1ccc(CCN/C=C(/C#N)C(=O)Nc2ccccc2C#N)cc1. The van der Waals surface area contributed by atoms with Gasteiger partial charge in [0.25, 0.3) is 5.91 Å². The molecular formula is C20H18N4O. The van der Waals surface area contributed by atoms with E-state index in [9.17, 15) is 4.79 Å². The third-order valence-electron chi connectivity index (χ3n) is 3.59. The first-order valence-corrected chi connectivity index (χ1v) is 7.83. The van der Waals surface area contributed by atoms with E-state index in [-0.39, 0.29) is 5.57 Å². The molecule has 0 radical (unpaired) electrons. The number of anilines is 1. The second-order valence-corrected chi connectivity index (χ2v) is 5.47. The normalized spacial score (nSPS) is 10.4. The molecule has 0 atom stereocenters. The van der Waals surface area contributed by atoms with Crippen LogP contribution in [0.5, 0.6) is 0 Å². The van der Waals surface area contributed by atoms with Gasteiger partial charge in [-0.15, -0.1) is 0 Å². The fourth-order valence-corrected chi connectivity index (χ4v) is 2.17. The Bertz CT molecular complexity index is 855. The Morgan fingerprint density at radius 1 is 1.12 bits per heavy atom. The molecule has 0 bridgehead atoms. The van der Waals surface area contributed by atoms with Crippen LogP contribution in [0.3, 0.4) is 0 Å². The van der Waals surface area contributed by atoms with Crippen molar-refractivity contribution in [3.63, 3.8) is 0 Å².